The largest absolute Gasteiger partial charge is 0.451 e. The summed E-state index contributed by atoms with van der Waals surface area (Å²) >= 11 is 1.70. The Bertz CT molecular complexity index is 1210. The summed E-state index contributed by atoms with van der Waals surface area (Å²) in [6.45, 7) is 2.63. The van der Waals surface area contributed by atoms with Gasteiger partial charge >= 0.3 is 5.91 Å². The van der Waals surface area contributed by atoms with Crippen LogP contribution in [0.3, 0.4) is 0 Å². The maximum Gasteiger partial charge on any atom is 0.305 e. The van der Waals surface area contributed by atoms with E-state index in [2.05, 4.69) is 15.8 Å². The number of amides is 2. The maximum absolute atomic E-state index is 12.7. The standard InChI is InChI=1S/C19H20N4O5S2/c1-12-14-4-2-3-5-16(14)28-17(12)19(25)22-21-18(24)15-10-13(11-20-15)30(26,27)23-6-8-29-9-7-23/h2-5,10-11,20H,6-9H2,1H3,(H,21,24)(H,22,25). The number of sulfonamides is 1. The molecule has 2 amide bonds. The number of nitrogens with zero attached hydrogens (tertiary/aromatic N) is 1. The molecule has 0 radical (unpaired) electrons. The van der Waals surface area contributed by atoms with Crippen molar-refractivity contribution in [3.05, 3.63) is 53.5 Å². The van der Waals surface area contributed by atoms with Crippen LogP contribution in [-0.2, 0) is 10.0 Å². The Hall–Kier alpha value is -2.76. The van der Waals surface area contributed by atoms with Gasteiger partial charge in [-0.2, -0.15) is 16.1 Å². The lowest BCUT2D eigenvalue weighted by atomic mass is 10.1. The van der Waals surface area contributed by atoms with Gasteiger partial charge in [-0.05, 0) is 19.1 Å². The number of hydrogen-bond donors (Lipinski definition) is 3. The minimum atomic E-state index is -3.66. The lowest BCUT2D eigenvalue weighted by Gasteiger charge is -2.24. The molecule has 1 aliphatic heterocycles. The highest BCUT2D eigenvalue weighted by Crippen LogP contribution is 2.24. The van der Waals surface area contributed by atoms with Crippen molar-refractivity contribution in [3.8, 4) is 0 Å². The van der Waals surface area contributed by atoms with Crippen molar-refractivity contribution in [3.63, 3.8) is 0 Å². The molecule has 2 aromatic heterocycles. The van der Waals surface area contributed by atoms with Gasteiger partial charge in [-0.1, -0.05) is 18.2 Å². The quantitative estimate of drug-likeness (QED) is 0.524. The molecular formula is C19H20N4O5S2. The number of benzene rings is 1. The predicted octanol–water partition coefficient (Wildman–Crippen LogP) is 1.88. The maximum atomic E-state index is 12.7. The van der Waals surface area contributed by atoms with Gasteiger partial charge in [0.15, 0.2) is 5.76 Å². The summed E-state index contributed by atoms with van der Waals surface area (Å²) in [5, 5.41) is 0.810. The molecule has 0 aliphatic carbocycles. The summed E-state index contributed by atoms with van der Waals surface area (Å²) in [4.78, 5) is 27.4. The minimum absolute atomic E-state index is 0.0130. The van der Waals surface area contributed by atoms with E-state index in [0.717, 1.165) is 16.9 Å². The van der Waals surface area contributed by atoms with Crippen molar-refractivity contribution >= 4 is 44.6 Å². The second-order valence-electron chi connectivity index (χ2n) is 6.73. The van der Waals surface area contributed by atoms with Gasteiger partial charge in [-0.15, -0.1) is 0 Å². The zero-order valence-electron chi connectivity index (χ0n) is 16.1. The zero-order valence-corrected chi connectivity index (χ0v) is 17.7. The number of carbonyl (C=O) groups is 2. The average Bonchev–Trinajstić information content (AvgIpc) is 3.39. The minimum Gasteiger partial charge on any atom is -0.451 e. The molecule has 0 atom stereocenters. The second-order valence-corrected chi connectivity index (χ2v) is 9.89. The molecule has 9 nitrogen and oxygen atoms in total. The summed E-state index contributed by atoms with van der Waals surface area (Å²) in [7, 11) is -3.66. The molecule has 0 unspecified atom stereocenters. The first-order valence-electron chi connectivity index (χ1n) is 9.23. The van der Waals surface area contributed by atoms with Crippen LogP contribution in [-0.4, -0.2) is 54.1 Å². The van der Waals surface area contributed by atoms with E-state index in [1.54, 1.807) is 30.8 Å². The van der Waals surface area contributed by atoms with E-state index < -0.39 is 21.8 Å². The number of hydrogen-bond acceptors (Lipinski definition) is 6. The van der Waals surface area contributed by atoms with E-state index in [0.29, 0.717) is 24.2 Å². The zero-order chi connectivity index (χ0) is 21.3. The van der Waals surface area contributed by atoms with Crippen LogP contribution in [0, 0.1) is 6.92 Å². The molecule has 1 aromatic carbocycles. The number of aromatic amines is 1. The number of furan rings is 1. The molecular weight excluding hydrogens is 428 g/mol. The molecule has 30 heavy (non-hydrogen) atoms. The normalized spacial score (nSPS) is 15.2. The molecule has 4 rings (SSSR count). The van der Waals surface area contributed by atoms with Gasteiger partial charge in [0, 0.05) is 41.7 Å². The number of aromatic nitrogens is 1. The molecule has 0 bridgehead atoms. The van der Waals surface area contributed by atoms with Crippen LogP contribution in [0.25, 0.3) is 11.0 Å². The highest BCUT2D eigenvalue weighted by molar-refractivity contribution is 7.99. The Morgan fingerprint density at radius 2 is 1.83 bits per heavy atom. The molecule has 3 N–H and O–H groups in total. The molecule has 3 aromatic rings. The van der Waals surface area contributed by atoms with Gasteiger partial charge in [0.25, 0.3) is 5.91 Å². The third-order valence-corrected chi connectivity index (χ3v) is 7.67. The highest BCUT2D eigenvalue weighted by Gasteiger charge is 2.28. The Balaban J connectivity index is 1.43. The van der Waals surface area contributed by atoms with Crippen molar-refractivity contribution < 1.29 is 22.4 Å². The molecule has 11 heteroatoms. The highest BCUT2D eigenvalue weighted by atomic mass is 32.2. The van der Waals surface area contributed by atoms with Gasteiger partial charge in [0.2, 0.25) is 10.0 Å². The number of hydrazine groups is 1. The summed E-state index contributed by atoms with van der Waals surface area (Å²) in [5.74, 6) is 0.290. The average molecular weight is 449 g/mol. The number of aryl methyl sites for hydroxylation is 1. The number of rotatable bonds is 4. The monoisotopic (exact) mass is 448 g/mol. The first-order valence-corrected chi connectivity index (χ1v) is 11.8. The van der Waals surface area contributed by atoms with E-state index in [9.17, 15) is 18.0 Å². The lowest BCUT2D eigenvalue weighted by Crippen LogP contribution is -2.41. The smallest absolute Gasteiger partial charge is 0.305 e. The molecule has 1 saturated heterocycles. The van der Waals surface area contributed by atoms with Gasteiger partial charge in [0.05, 0.1) is 0 Å². The number of carbonyl (C=O) groups excluding carboxylic acids is 2. The van der Waals surface area contributed by atoms with Crippen LogP contribution in [0.4, 0.5) is 0 Å². The summed E-state index contributed by atoms with van der Waals surface area (Å²) in [6, 6.07) is 8.48. The van der Waals surface area contributed by atoms with Crippen LogP contribution < -0.4 is 10.9 Å². The van der Waals surface area contributed by atoms with E-state index in [1.165, 1.54) is 16.6 Å². The Morgan fingerprint density at radius 1 is 1.13 bits per heavy atom. The fourth-order valence-electron chi connectivity index (χ4n) is 3.22. The van der Waals surface area contributed by atoms with Crippen molar-refractivity contribution in [1.29, 1.82) is 0 Å². The molecule has 0 spiro atoms. The Kier molecular flexibility index (Phi) is 5.58. The summed E-state index contributed by atoms with van der Waals surface area (Å²) < 4.78 is 32.3. The van der Waals surface area contributed by atoms with E-state index in [1.807, 2.05) is 12.1 Å². The van der Waals surface area contributed by atoms with Crippen LogP contribution in [0.2, 0.25) is 0 Å². The molecule has 158 valence electrons. The van der Waals surface area contributed by atoms with Crippen LogP contribution >= 0.6 is 11.8 Å². The van der Waals surface area contributed by atoms with Crippen molar-refractivity contribution in [1.82, 2.24) is 20.1 Å². The van der Waals surface area contributed by atoms with Gasteiger partial charge in [-0.25, -0.2) is 8.42 Å². The molecule has 1 aliphatic rings. The number of fused-ring (bicyclic) bond motifs is 1. The van der Waals surface area contributed by atoms with Crippen LogP contribution in [0.5, 0.6) is 0 Å². The number of H-pyrrole nitrogens is 1. The SMILES string of the molecule is Cc1c(C(=O)NNC(=O)c2cc(S(=O)(=O)N3CCSCC3)c[nH]2)oc2ccccc12. The Morgan fingerprint density at radius 3 is 2.57 bits per heavy atom. The van der Waals surface area contributed by atoms with E-state index >= 15 is 0 Å². The number of thioether (sulfide) groups is 1. The van der Waals surface area contributed by atoms with Crippen molar-refractivity contribution in [2.24, 2.45) is 0 Å². The first-order chi connectivity index (χ1) is 14.4. The number of nitrogens with one attached hydrogen (secondary N) is 3. The van der Waals surface area contributed by atoms with E-state index in [4.69, 9.17) is 4.42 Å². The Labute approximate surface area is 177 Å². The second kappa shape index (κ2) is 8.17. The van der Waals surface area contributed by atoms with Gasteiger partial charge in [-0.3, -0.25) is 20.4 Å². The van der Waals surface area contributed by atoms with Crippen molar-refractivity contribution in [2.45, 2.75) is 11.8 Å². The fourth-order valence-corrected chi connectivity index (χ4v) is 5.79. The van der Waals surface area contributed by atoms with Crippen LogP contribution in [0.15, 0.2) is 45.8 Å². The lowest BCUT2D eigenvalue weighted by molar-refractivity contribution is 0.0829. The van der Waals surface area contributed by atoms with Gasteiger partial charge < -0.3 is 9.40 Å². The summed E-state index contributed by atoms with van der Waals surface area (Å²) in [6.07, 6.45) is 1.28. The van der Waals surface area contributed by atoms with Crippen LogP contribution in [0.1, 0.15) is 26.6 Å². The third kappa shape index (κ3) is 3.83. The summed E-state index contributed by atoms with van der Waals surface area (Å²) in [5.41, 5.74) is 5.81. The first kappa shape index (κ1) is 20.5. The topological polar surface area (TPSA) is 125 Å². The van der Waals surface area contributed by atoms with Gasteiger partial charge in [0.1, 0.15) is 16.2 Å². The molecule has 1 fully saturated rings. The third-order valence-electron chi connectivity index (χ3n) is 4.85. The molecule has 0 saturated carbocycles. The van der Waals surface area contributed by atoms with E-state index in [-0.39, 0.29) is 16.3 Å². The van der Waals surface area contributed by atoms with Crippen molar-refractivity contribution in [2.75, 3.05) is 24.6 Å². The molecule has 3 heterocycles. The predicted molar refractivity (Wildman–Crippen MR) is 113 cm³/mol. The number of para-hydroxylation sites is 1. The fraction of sp³-hybridized carbons (Fsp3) is 0.263.